The molecule has 0 heterocycles. The first-order chi connectivity index (χ1) is 10.7. The van der Waals surface area contributed by atoms with E-state index in [-0.39, 0.29) is 23.7 Å². The molecule has 0 aromatic carbocycles. The molecule has 0 aromatic heterocycles. The van der Waals surface area contributed by atoms with Crippen molar-refractivity contribution >= 4 is 11.7 Å². The van der Waals surface area contributed by atoms with Gasteiger partial charge in [-0.05, 0) is 44.4 Å². The molecule has 3 aliphatic rings. The fraction of sp³-hybridized carbons (Fsp3) is 0.824. The molecule has 3 saturated carbocycles. The Kier molecular flexibility index (Phi) is 3.74. The molecular weight excluding hydrogens is 302 g/mol. The van der Waals surface area contributed by atoms with Crippen LogP contribution in [0.25, 0.3) is 0 Å². The number of nitriles is 1. The number of carbonyl (C=O) groups excluding carboxylic acids is 2. The minimum absolute atomic E-state index is 0.0413. The van der Waals surface area contributed by atoms with Gasteiger partial charge >= 0.3 is 0 Å². The lowest BCUT2D eigenvalue weighted by Crippen LogP contribution is -2.46. The van der Waals surface area contributed by atoms with Crippen LogP contribution in [0.15, 0.2) is 0 Å². The molecule has 2 atom stereocenters. The zero-order valence-corrected chi connectivity index (χ0v) is 13.3. The van der Waals surface area contributed by atoms with E-state index in [1.54, 1.807) is 0 Å². The van der Waals surface area contributed by atoms with Gasteiger partial charge in [-0.1, -0.05) is 6.42 Å². The van der Waals surface area contributed by atoms with Crippen molar-refractivity contribution in [1.82, 2.24) is 5.32 Å². The lowest BCUT2D eigenvalue weighted by Gasteiger charge is -2.27. The number of Topliss-reactive ketones (excluding diaryl/α,β-unsaturated/α-hetero) is 1. The summed E-state index contributed by atoms with van der Waals surface area (Å²) >= 11 is 0. The molecule has 0 bridgehead atoms. The zero-order valence-electron chi connectivity index (χ0n) is 13.3. The van der Waals surface area contributed by atoms with E-state index < -0.39 is 29.6 Å². The molecule has 3 aliphatic carbocycles. The van der Waals surface area contributed by atoms with Crippen molar-refractivity contribution in [2.45, 2.75) is 70.3 Å². The largest absolute Gasteiger partial charge is 0.346 e. The molecule has 0 saturated heterocycles. The van der Waals surface area contributed by atoms with Gasteiger partial charge in [0.2, 0.25) is 11.8 Å². The molecule has 6 heteroatoms. The molecule has 4 nitrogen and oxygen atoms in total. The van der Waals surface area contributed by atoms with Gasteiger partial charge in [0.1, 0.15) is 0 Å². The maximum Gasteiger partial charge on any atom is 0.247 e. The summed E-state index contributed by atoms with van der Waals surface area (Å²) in [7, 11) is 0. The number of hydrogen-bond acceptors (Lipinski definition) is 3. The second-order valence-corrected chi connectivity index (χ2v) is 7.84. The SMILES string of the molecule is CC(F)(F)C[C@H](NC(=O)C1CC12CCC2)C(=O)CC1(C#N)CC1. The van der Waals surface area contributed by atoms with Crippen LogP contribution in [0.4, 0.5) is 8.78 Å². The molecule has 3 fully saturated rings. The molecule has 1 amide bonds. The number of ketones is 1. The van der Waals surface area contributed by atoms with E-state index in [0.29, 0.717) is 12.8 Å². The first kappa shape index (κ1) is 16.4. The smallest absolute Gasteiger partial charge is 0.247 e. The molecule has 3 rings (SSSR count). The molecule has 1 N–H and O–H groups in total. The lowest BCUT2D eigenvalue weighted by atomic mass is 9.79. The van der Waals surface area contributed by atoms with Crippen LogP contribution >= 0.6 is 0 Å². The van der Waals surface area contributed by atoms with Gasteiger partial charge in [0, 0.05) is 18.8 Å². The van der Waals surface area contributed by atoms with Gasteiger partial charge in [-0.3, -0.25) is 9.59 Å². The van der Waals surface area contributed by atoms with E-state index in [2.05, 4.69) is 11.4 Å². The number of alkyl halides is 2. The van der Waals surface area contributed by atoms with E-state index in [0.717, 1.165) is 32.6 Å². The summed E-state index contributed by atoms with van der Waals surface area (Å²) < 4.78 is 26.8. The van der Waals surface area contributed by atoms with Crippen LogP contribution in [0.1, 0.15) is 58.3 Å². The highest BCUT2D eigenvalue weighted by molar-refractivity contribution is 5.92. The first-order valence-electron chi connectivity index (χ1n) is 8.31. The Morgan fingerprint density at radius 1 is 1.35 bits per heavy atom. The third-order valence-electron chi connectivity index (χ3n) is 5.73. The molecule has 0 aliphatic heterocycles. The average molecular weight is 324 g/mol. The Hall–Kier alpha value is -1.51. The first-order valence-corrected chi connectivity index (χ1v) is 8.31. The summed E-state index contributed by atoms with van der Waals surface area (Å²) in [4.78, 5) is 24.7. The topological polar surface area (TPSA) is 70.0 Å². The van der Waals surface area contributed by atoms with Crippen molar-refractivity contribution in [1.29, 1.82) is 5.26 Å². The Morgan fingerprint density at radius 2 is 2.00 bits per heavy atom. The van der Waals surface area contributed by atoms with Crippen LogP contribution < -0.4 is 5.32 Å². The molecule has 1 spiro atoms. The number of nitrogens with one attached hydrogen (secondary N) is 1. The van der Waals surface area contributed by atoms with Gasteiger partial charge in [0.15, 0.2) is 5.78 Å². The Bertz CT molecular complexity index is 568. The highest BCUT2D eigenvalue weighted by atomic mass is 19.3. The minimum Gasteiger partial charge on any atom is -0.346 e. The molecule has 0 aromatic rings. The monoisotopic (exact) mass is 324 g/mol. The van der Waals surface area contributed by atoms with E-state index in [1.165, 1.54) is 0 Å². The van der Waals surface area contributed by atoms with Crippen molar-refractivity contribution in [3.05, 3.63) is 0 Å². The maximum atomic E-state index is 13.4. The van der Waals surface area contributed by atoms with Crippen LogP contribution in [0.5, 0.6) is 0 Å². The number of rotatable bonds is 7. The van der Waals surface area contributed by atoms with Crippen LogP contribution in [0.2, 0.25) is 0 Å². The number of amides is 1. The van der Waals surface area contributed by atoms with Crippen LogP contribution in [0.3, 0.4) is 0 Å². The van der Waals surface area contributed by atoms with Crippen molar-refractivity contribution in [3.8, 4) is 6.07 Å². The summed E-state index contributed by atoms with van der Waals surface area (Å²) in [5.74, 6) is -3.87. The number of halogens is 2. The zero-order chi connectivity index (χ0) is 16.9. The minimum atomic E-state index is -3.03. The third kappa shape index (κ3) is 3.39. The van der Waals surface area contributed by atoms with Gasteiger partial charge in [0.05, 0.1) is 17.5 Å². The summed E-state index contributed by atoms with van der Waals surface area (Å²) in [6.07, 6.45) is 4.48. The highest BCUT2D eigenvalue weighted by Crippen LogP contribution is 2.65. The van der Waals surface area contributed by atoms with Crippen LogP contribution in [-0.2, 0) is 9.59 Å². The van der Waals surface area contributed by atoms with Crippen molar-refractivity contribution in [2.24, 2.45) is 16.7 Å². The van der Waals surface area contributed by atoms with E-state index in [4.69, 9.17) is 5.26 Å². The fourth-order valence-electron chi connectivity index (χ4n) is 3.71. The van der Waals surface area contributed by atoms with Gasteiger partial charge in [-0.2, -0.15) is 5.26 Å². The van der Waals surface area contributed by atoms with Gasteiger partial charge in [-0.15, -0.1) is 0 Å². The van der Waals surface area contributed by atoms with Gasteiger partial charge < -0.3 is 5.32 Å². The van der Waals surface area contributed by atoms with E-state index >= 15 is 0 Å². The second kappa shape index (κ2) is 5.25. The molecule has 0 radical (unpaired) electrons. The maximum absolute atomic E-state index is 13.4. The summed E-state index contributed by atoms with van der Waals surface area (Å²) in [5.41, 5.74) is -0.589. The standard InChI is InChI=1S/C17H22F2N2O2/c1-15(18,19)8-12(13(22)9-16(10-20)5-6-16)21-14(23)11-7-17(11)3-2-4-17/h11-12H,2-9H2,1H3,(H,21,23)/t11?,12-/m0/s1. The second-order valence-electron chi connectivity index (χ2n) is 7.84. The quantitative estimate of drug-likeness (QED) is 0.782. The third-order valence-corrected chi connectivity index (χ3v) is 5.73. The van der Waals surface area contributed by atoms with Gasteiger partial charge in [0.25, 0.3) is 0 Å². The van der Waals surface area contributed by atoms with Crippen molar-refractivity contribution in [3.63, 3.8) is 0 Å². The highest BCUT2D eigenvalue weighted by Gasteiger charge is 2.61. The Morgan fingerprint density at radius 3 is 2.39 bits per heavy atom. The summed E-state index contributed by atoms with van der Waals surface area (Å²) in [6, 6.07) is 0.911. The normalized spacial score (nSPS) is 27.5. The molecule has 23 heavy (non-hydrogen) atoms. The summed E-state index contributed by atoms with van der Waals surface area (Å²) in [5, 5.41) is 11.6. The number of nitrogens with zero attached hydrogens (tertiary/aromatic N) is 1. The van der Waals surface area contributed by atoms with Crippen molar-refractivity contribution < 1.29 is 18.4 Å². The molecular formula is C17H22F2N2O2. The Balaban J connectivity index is 1.62. The number of hydrogen-bond donors (Lipinski definition) is 1. The van der Waals surface area contributed by atoms with E-state index in [1.807, 2.05) is 0 Å². The van der Waals surface area contributed by atoms with Crippen LogP contribution in [0, 0.1) is 28.1 Å². The molecule has 126 valence electrons. The average Bonchev–Trinajstić information content (AvgIpc) is 3.29. The van der Waals surface area contributed by atoms with Gasteiger partial charge in [-0.25, -0.2) is 8.78 Å². The van der Waals surface area contributed by atoms with Crippen LogP contribution in [-0.4, -0.2) is 23.7 Å². The number of carbonyl (C=O) groups is 2. The van der Waals surface area contributed by atoms with E-state index in [9.17, 15) is 18.4 Å². The summed E-state index contributed by atoms with van der Waals surface area (Å²) in [6.45, 7) is 0.751. The fourth-order valence-corrected chi connectivity index (χ4v) is 3.71. The van der Waals surface area contributed by atoms with Crippen molar-refractivity contribution in [2.75, 3.05) is 0 Å². The molecule has 1 unspecified atom stereocenters. The predicted molar refractivity (Wildman–Crippen MR) is 78.5 cm³/mol. The lowest BCUT2D eigenvalue weighted by molar-refractivity contribution is -0.131. The predicted octanol–water partition coefficient (Wildman–Crippen LogP) is 2.97. The Labute approximate surface area is 134 Å².